The summed E-state index contributed by atoms with van der Waals surface area (Å²) in [5.74, 6) is 1.96. The first-order chi connectivity index (χ1) is 10.0. The van der Waals surface area contributed by atoms with Crippen molar-refractivity contribution in [2.24, 2.45) is 7.05 Å². The number of carbonyl (C=O) groups excluding carboxylic acids is 1. The second-order valence-corrected chi connectivity index (χ2v) is 5.86. The molecule has 0 saturated carbocycles. The van der Waals surface area contributed by atoms with Crippen LogP contribution in [0.2, 0.25) is 0 Å². The number of hydrogen-bond donors (Lipinski definition) is 1. The highest BCUT2D eigenvalue weighted by molar-refractivity contribution is 5.85. The van der Waals surface area contributed by atoms with Gasteiger partial charge < -0.3 is 14.8 Å². The average molecular weight is 367 g/mol. The van der Waals surface area contributed by atoms with E-state index in [-0.39, 0.29) is 30.7 Å². The van der Waals surface area contributed by atoms with Crippen LogP contribution in [0.4, 0.5) is 0 Å². The van der Waals surface area contributed by atoms with Crippen molar-refractivity contribution < 1.29 is 4.79 Å². The van der Waals surface area contributed by atoms with Crippen LogP contribution >= 0.6 is 24.8 Å². The average Bonchev–Trinajstić information content (AvgIpc) is 2.79. The van der Waals surface area contributed by atoms with Crippen molar-refractivity contribution in [3.63, 3.8) is 0 Å². The van der Waals surface area contributed by atoms with Crippen LogP contribution in [-0.4, -0.2) is 70.2 Å². The highest BCUT2D eigenvalue weighted by Crippen LogP contribution is 2.10. The molecular weight excluding hydrogens is 339 g/mol. The van der Waals surface area contributed by atoms with Gasteiger partial charge in [-0.25, -0.2) is 0 Å². The van der Waals surface area contributed by atoms with Crippen LogP contribution in [0.3, 0.4) is 0 Å². The standard InChI is InChI=1S/C14H26N6O.2ClH/c1-11-16-17-13(19(11)4)9-18(3)10-14(21)20-7-5-6-12(8-20)15-2;;/h12,15H,5-10H2,1-4H3;2*1H. The minimum atomic E-state index is 0. The third kappa shape index (κ3) is 5.91. The van der Waals surface area contributed by atoms with E-state index in [1.807, 2.05) is 42.4 Å². The Balaban J connectivity index is 0.00000242. The lowest BCUT2D eigenvalue weighted by Gasteiger charge is -2.33. The Kier molecular flexibility index (Phi) is 9.68. The molecule has 1 N–H and O–H groups in total. The molecule has 0 radical (unpaired) electrons. The summed E-state index contributed by atoms with van der Waals surface area (Å²) >= 11 is 0. The minimum absolute atomic E-state index is 0. The molecule has 1 saturated heterocycles. The van der Waals surface area contributed by atoms with E-state index in [9.17, 15) is 4.79 Å². The fourth-order valence-electron chi connectivity index (χ4n) is 2.66. The predicted molar refractivity (Wildman–Crippen MR) is 95.2 cm³/mol. The van der Waals surface area contributed by atoms with E-state index in [1.165, 1.54) is 0 Å². The van der Waals surface area contributed by atoms with Crippen molar-refractivity contribution in [1.82, 2.24) is 29.9 Å². The van der Waals surface area contributed by atoms with Crippen LogP contribution < -0.4 is 5.32 Å². The topological polar surface area (TPSA) is 66.3 Å². The molecule has 1 aromatic heterocycles. The largest absolute Gasteiger partial charge is 0.340 e. The van der Waals surface area contributed by atoms with Crippen LogP contribution in [-0.2, 0) is 18.4 Å². The molecule has 9 heteroatoms. The molecule has 0 spiro atoms. The van der Waals surface area contributed by atoms with E-state index < -0.39 is 0 Å². The summed E-state index contributed by atoms with van der Waals surface area (Å²) in [5, 5.41) is 11.4. The van der Waals surface area contributed by atoms with E-state index in [2.05, 4.69) is 15.5 Å². The Morgan fingerprint density at radius 2 is 2.09 bits per heavy atom. The van der Waals surface area contributed by atoms with Gasteiger partial charge in [0.05, 0.1) is 13.1 Å². The summed E-state index contributed by atoms with van der Waals surface area (Å²) in [6, 6.07) is 0.425. The zero-order chi connectivity index (χ0) is 15.4. The first-order valence-electron chi connectivity index (χ1n) is 7.49. The summed E-state index contributed by atoms with van der Waals surface area (Å²) in [4.78, 5) is 16.3. The summed E-state index contributed by atoms with van der Waals surface area (Å²) in [6.45, 7) is 4.65. The summed E-state index contributed by atoms with van der Waals surface area (Å²) < 4.78 is 1.96. The molecule has 1 amide bonds. The number of rotatable bonds is 5. The molecule has 23 heavy (non-hydrogen) atoms. The normalized spacial score (nSPS) is 17.6. The number of hydrogen-bond acceptors (Lipinski definition) is 5. The van der Waals surface area contributed by atoms with Crippen molar-refractivity contribution in [2.45, 2.75) is 32.4 Å². The molecule has 1 aliphatic rings. The van der Waals surface area contributed by atoms with Crippen molar-refractivity contribution in [2.75, 3.05) is 33.7 Å². The van der Waals surface area contributed by atoms with E-state index in [0.29, 0.717) is 19.1 Å². The van der Waals surface area contributed by atoms with Crippen molar-refractivity contribution in [1.29, 1.82) is 0 Å². The Morgan fingerprint density at radius 1 is 1.39 bits per heavy atom. The van der Waals surface area contributed by atoms with Gasteiger partial charge >= 0.3 is 0 Å². The van der Waals surface area contributed by atoms with E-state index in [0.717, 1.165) is 37.6 Å². The van der Waals surface area contributed by atoms with Gasteiger partial charge in [0.2, 0.25) is 5.91 Å². The van der Waals surface area contributed by atoms with Gasteiger partial charge in [-0.3, -0.25) is 9.69 Å². The Bertz CT molecular complexity index is 496. The predicted octanol–water partition coefficient (Wildman–Crippen LogP) is 0.609. The maximum absolute atomic E-state index is 12.4. The van der Waals surface area contributed by atoms with Crippen LogP contribution in [0.5, 0.6) is 0 Å². The molecule has 2 rings (SSSR count). The first-order valence-corrected chi connectivity index (χ1v) is 7.49. The number of piperidine rings is 1. The third-order valence-electron chi connectivity index (χ3n) is 4.18. The molecule has 1 unspecified atom stereocenters. The van der Waals surface area contributed by atoms with Gasteiger partial charge in [0.25, 0.3) is 0 Å². The number of likely N-dealkylation sites (tertiary alicyclic amines) is 1. The molecule has 0 aromatic carbocycles. The monoisotopic (exact) mass is 366 g/mol. The second kappa shape index (κ2) is 10.1. The number of aryl methyl sites for hydroxylation is 1. The maximum atomic E-state index is 12.4. The number of carbonyl (C=O) groups is 1. The number of likely N-dealkylation sites (N-methyl/N-ethyl adjacent to an activating group) is 2. The highest BCUT2D eigenvalue weighted by atomic mass is 35.5. The molecule has 1 atom stereocenters. The highest BCUT2D eigenvalue weighted by Gasteiger charge is 2.23. The third-order valence-corrected chi connectivity index (χ3v) is 4.18. The molecule has 1 fully saturated rings. The van der Waals surface area contributed by atoms with Crippen LogP contribution in [0.15, 0.2) is 0 Å². The summed E-state index contributed by atoms with van der Waals surface area (Å²) in [6.07, 6.45) is 2.22. The molecular formula is C14H28Cl2N6O. The van der Waals surface area contributed by atoms with Gasteiger partial charge in [-0.05, 0) is 33.9 Å². The van der Waals surface area contributed by atoms with E-state index >= 15 is 0 Å². The fourth-order valence-corrected chi connectivity index (χ4v) is 2.66. The fraction of sp³-hybridized carbons (Fsp3) is 0.786. The lowest BCUT2D eigenvalue weighted by atomic mass is 10.1. The number of nitrogens with zero attached hydrogens (tertiary/aromatic N) is 5. The Morgan fingerprint density at radius 3 is 2.65 bits per heavy atom. The first kappa shape index (κ1) is 22.1. The second-order valence-electron chi connectivity index (χ2n) is 5.86. The van der Waals surface area contributed by atoms with E-state index in [1.54, 1.807) is 0 Å². The van der Waals surface area contributed by atoms with Crippen molar-refractivity contribution >= 4 is 30.7 Å². The maximum Gasteiger partial charge on any atom is 0.236 e. The molecule has 1 aliphatic heterocycles. The quantitative estimate of drug-likeness (QED) is 0.826. The van der Waals surface area contributed by atoms with Crippen molar-refractivity contribution in [3.05, 3.63) is 11.6 Å². The van der Waals surface area contributed by atoms with Crippen LogP contribution in [0.1, 0.15) is 24.5 Å². The molecule has 134 valence electrons. The Labute approximate surface area is 150 Å². The van der Waals surface area contributed by atoms with Crippen LogP contribution in [0, 0.1) is 6.92 Å². The van der Waals surface area contributed by atoms with Gasteiger partial charge in [-0.2, -0.15) is 0 Å². The SMILES string of the molecule is CNC1CCCN(C(=O)CN(C)Cc2nnc(C)n2C)C1.Cl.Cl. The number of nitrogens with one attached hydrogen (secondary N) is 1. The lowest BCUT2D eigenvalue weighted by Crippen LogP contribution is -2.49. The molecule has 0 aliphatic carbocycles. The zero-order valence-electron chi connectivity index (χ0n) is 14.3. The molecule has 0 bridgehead atoms. The number of halogens is 2. The summed E-state index contributed by atoms with van der Waals surface area (Å²) in [5.41, 5.74) is 0. The lowest BCUT2D eigenvalue weighted by molar-refractivity contribution is -0.133. The van der Waals surface area contributed by atoms with Crippen LogP contribution in [0.25, 0.3) is 0 Å². The molecule has 7 nitrogen and oxygen atoms in total. The van der Waals surface area contributed by atoms with E-state index in [4.69, 9.17) is 0 Å². The van der Waals surface area contributed by atoms with Gasteiger partial charge in [0.15, 0.2) is 0 Å². The Hall–Kier alpha value is -0.890. The number of aromatic nitrogens is 3. The van der Waals surface area contributed by atoms with Gasteiger partial charge in [0, 0.05) is 26.2 Å². The smallest absolute Gasteiger partial charge is 0.236 e. The van der Waals surface area contributed by atoms with Gasteiger partial charge in [-0.1, -0.05) is 0 Å². The zero-order valence-corrected chi connectivity index (χ0v) is 15.9. The molecule has 2 heterocycles. The summed E-state index contributed by atoms with van der Waals surface area (Å²) in [7, 11) is 5.85. The number of amides is 1. The van der Waals surface area contributed by atoms with Crippen molar-refractivity contribution in [3.8, 4) is 0 Å². The van der Waals surface area contributed by atoms with Gasteiger partial charge in [-0.15, -0.1) is 35.0 Å². The molecule has 1 aromatic rings. The minimum Gasteiger partial charge on any atom is -0.340 e. The van der Waals surface area contributed by atoms with Gasteiger partial charge in [0.1, 0.15) is 11.6 Å².